The van der Waals surface area contributed by atoms with Crippen molar-refractivity contribution in [1.82, 2.24) is 9.55 Å². The smallest absolute Gasteiger partial charge is 0.141 e. The van der Waals surface area contributed by atoms with Crippen LogP contribution in [-0.2, 0) is 6.54 Å². The summed E-state index contributed by atoms with van der Waals surface area (Å²) in [5.41, 5.74) is 7.08. The van der Waals surface area contributed by atoms with Gasteiger partial charge in [-0.15, -0.1) is 0 Å². The minimum absolute atomic E-state index is 0.567. The number of aryl methyl sites for hydroxylation is 4. The number of hydrogen-bond acceptors (Lipinski definition) is 2. The van der Waals surface area contributed by atoms with E-state index in [2.05, 4.69) is 67.8 Å². The fourth-order valence-corrected chi connectivity index (χ4v) is 2.85. The Kier molecular flexibility index (Phi) is 4.16. The Morgan fingerprint density at radius 1 is 1.04 bits per heavy atom. The molecule has 23 heavy (non-hydrogen) atoms. The highest BCUT2D eigenvalue weighted by molar-refractivity contribution is 5.82. The molecular formula is C20H21N3. The number of hydrogen-bond donors (Lipinski definition) is 0. The average Bonchev–Trinajstić information content (AvgIpc) is 2.87. The van der Waals surface area contributed by atoms with Gasteiger partial charge in [0.05, 0.1) is 17.1 Å². The van der Waals surface area contributed by atoms with Crippen molar-refractivity contribution in [2.24, 2.45) is 0 Å². The molecule has 0 radical (unpaired) electrons. The Morgan fingerprint density at radius 2 is 1.74 bits per heavy atom. The lowest BCUT2D eigenvalue weighted by atomic mass is 10.1. The molecule has 2 aromatic carbocycles. The first kappa shape index (κ1) is 15.3. The van der Waals surface area contributed by atoms with Gasteiger partial charge in [-0.3, -0.25) is 0 Å². The second kappa shape index (κ2) is 6.26. The molecule has 0 aliphatic carbocycles. The van der Waals surface area contributed by atoms with Gasteiger partial charge in [0.1, 0.15) is 5.82 Å². The van der Waals surface area contributed by atoms with Gasteiger partial charge in [0, 0.05) is 18.5 Å². The maximum atomic E-state index is 8.83. The monoisotopic (exact) mass is 303 g/mol. The Labute approximate surface area is 137 Å². The molecule has 0 unspecified atom stereocenters. The van der Waals surface area contributed by atoms with Gasteiger partial charge in [0.25, 0.3) is 0 Å². The van der Waals surface area contributed by atoms with Crippen molar-refractivity contribution in [3.8, 4) is 17.5 Å². The van der Waals surface area contributed by atoms with Gasteiger partial charge in [-0.1, -0.05) is 29.8 Å². The summed E-state index contributed by atoms with van der Waals surface area (Å²) in [4.78, 5) is 4.87. The van der Waals surface area contributed by atoms with E-state index in [1.807, 2.05) is 0 Å². The fraction of sp³-hybridized carbons (Fsp3) is 0.300. The quantitative estimate of drug-likeness (QED) is 0.641. The highest BCUT2D eigenvalue weighted by atomic mass is 15.1. The van der Waals surface area contributed by atoms with E-state index >= 15 is 0 Å². The molecule has 3 aromatic rings. The van der Waals surface area contributed by atoms with E-state index in [0.717, 1.165) is 35.4 Å². The first-order chi connectivity index (χ1) is 11.1. The van der Waals surface area contributed by atoms with E-state index in [1.165, 1.54) is 16.7 Å². The highest BCUT2D eigenvalue weighted by Gasteiger charge is 2.13. The number of aromatic nitrogens is 2. The second-order valence-electron chi connectivity index (χ2n) is 6.14. The summed E-state index contributed by atoms with van der Waals surface area (Å²) in [5.74, 6) is 0.989. The molecule has 0 bridgehead atoms. The van der Waals surface area contributed by atoms with Gasteiger partial charge in [0.15, 0.2) is 0 Å². The third kappa shape index (κ3) is 2.98. The fourth-order valence-electron chi connectivity index (χ4n) is 2.85. The zero-order chi connectivity index (χ0) is 16.4. The van der Waals surface area contributed by atoms with E-state index < -0.39 is 0 Å². The van der Waals surface area contributed by atoms with Crippen LogP contribution in [0.25, 0.3) is 22.4 Å². The minimum Gasteiger partial charge on any atom is -0.324 e. The van der Waals surface area contributed by atoms with Gasteiger partial charge in [0.2, 0.25) is 0 Å². The highest BCUT2D eigenvalue weighted by Crippen LogP contribution is 2.27. The van der Waals surface area contributed by atoms with Crippen LogP contribution in [0.15, 0.2) is 36.4 Å². The molecule has 0 aliphatic heterocycles. The summed E-state index contributed by atoms with van der Waals surface area (Å²) >= 11 is 0. The first-order valence-corrected chi connectivity index (χ1v) is 8.01. The zero-order valence-corrected chi connectivity index (χ0v) is 13.9. The van der Waals surface area contributed by atoms with Crippen molar-refractivity contribution in [1.29, 1.82) is 5.26 Å². The predicted molar refractivity (Wildman–Crippen MR) is 94.2 cm³/mol. The molecule has 3 heteroatoms. The van der Waals surface area contributed by atoms with E-state index in [0.29, 0.717) is 6.42 Å². The van der Waals surface area contributed by atoms with Crippen LogP contribution in [0.4, 0.5) is 0 Å². The molecule has 116 valence electrons. The lowest BCUT2D eigenvalue weighted by Gasteiger charge is -2.09. The number of rotatable bonds is 4. The molecule has 3 rings (SSSR count). The lowest BCUT2D eigenvalue weighted by molar-refractivity contribution is 0.675. The normalized spacial score (nSPS) is 10.9. The molecule has 0 atom stereocenters. The molecule has 0 aliphatic rings. The second-order valence-corrected chi connectivity index (χ2v) is 6.14. The Morgan fingerprint density at radius 3 is 2.43 bits per heavy atom. The van der Waals surface area contributed by atoms with Crippen LogP contribution >= 0.6 is 0 Å². The average molecular weight is 303 g/mol. The lowest BCUT2D eigenvalue weighted by Crippen LogP contribution is -2.01. The van der Waals surface area contributed by atoms with Crippen molar-refractivity contribution >= 4 is 11.0 Å². The third-order valence-corrected chi connectivity index (χ3v) is 4.34. The third-order valence-electron chi connectivity index (χ3n) is 4.34. The van der Waals surface area contributed by atoms with E-state index in [1.54, 1.807) is 0 Å². The molecule has 0 spiro atoms. The number of nitriles is 1. The summed E-state index contributed by atoms with van der Waals surface area (Å²) in [5, 5.41) is 8.83. The van der Waals surface area contributed by atoms with Crippen molar-refractivity contribution in [3.63, 3.8) is 0 Å². The van der Waals surface area contributed by atoms with E-state index in [4.69, 9.17) is 10.2 Å². The van der Waals surface area contributed by atoms with Crippen molar-refractivity contribution < 1.29 is 0 Å². The summed E-state index contributed by atoms with van der Waals surface area (Å²) in [7, 11) is 0. The van der Waals surface area contributed by atoms with Crippen LogP contribution in [0.2, 0.25) is 0 Å². The maximum absolute atomic E-state index is 8.83. The Bertz CT molecular complexity index is 880. The minimum atomic E-state index is 0.567. The van der Waals surface area contributed by atoms with Gasteiger partial charge >= 0.3 is 0 Å². The number of benzene rings is 2. The summed E-state index contributed by atoms with van der Waals surface area (Å²) < 4.78 is 2.25. The van der Waals surface area contributed by atoms with Crippen LogP contribution in [0.3, 0.4) is 0 Å². The van der Waals surface area contributed by atoms with Crippen molar-refractivity contribution in [2.75, 3.05) is 0 Å². The summed E-state index contributed by atoms with van der Waals surface area (Å²) in [6.07, 6.45) is 1.41. The van der Waals surface area contributed by atoms with Crippen LogP contribution in [0, 0.1) is 32.1 Å². The summed E-state index contributed by atoms with van der Waals surface area (Å²) in [6.45, 7) is 7.16. The molecule has 3 nitrogen and oxygen atoms in total. The largest absolute Gasteiger partial charge is 0.324 e. The number of unbranched alkanes of at least 4 members (excludes halogenated alkanes) is 1. The van der Waals surface area contributed by atoms with Gasteiger partial charge in [-0.2, -0.15) is 5.26 Å². The van der Waals surface area contributed by atoms with Crippen molar-refractivity contribution in [2.45, 2.75) is 40.2 Å². The molecule has 0 fully saturated rings. The summed E-state index contributed by atoms with van der Waals surface area (Å²) in [6, 6.07) is 15.1. The molecule has 0 N–H and O–H groups in total. The first-order valence-electron chi connectivity index (χ1n) is 8.01. The van der Waals surface area contributed by atoms with Gasteiger partial charge < -0.3 is 4.57 Å². The van der Waals surface area contributed by atoms with Crippen LogP contribution in [0.1, 0.15) is 29.5 Å². The molecule has 1 aromatic heterocycles. The number of nitrogens with zero attached hydrogens (tertiary/aromatic N) is 3. The SMILES string of the molecule is Cc1ccc(-c2nc3cc(C)c(C)cc3n2CCCC#N)cc1. The van der Waals surface area contributed by atoms with Gasteiger partial charge in [-0.05, 0) is 50.5 Å². The standard InChI is InChI=1S/C20H21N3/c1-14-6-8-17(9-7-14)20-22-18-12-15(2)16(3)13-19(18)23(20)11-5-4-10-21/h6-9,12-13H,4-5,11H2,1-3H3. The maximum Gasteiger partial charge on any atom is 0.141 e. The van der Waals surface area contributed by atoms with Gasteiger partial charge in [-0.25, -0.2) is 4.98 Å². The van der Waals surface area contributed by atoms with E-state index in [-0.39, 0.29) is 0 Å². The van der Waals surface area contributed by atoms with E-state index in [9.17, 15) is 0 Å². The topological polar surface area (TPSA) is 41.6 Å². The number of fused-ring (bicyclic) bond motifs is 1. The van der Waals surface area contributed by atoms with Crippen LogP contribution in [-0.4, -0.2) is 9.55 Å². The Balaban J connectivity index is 2.16. The molecule has 1 heterocycles. The Hall–Kier alpha value is -2.60. The van der Waals surface area contributed by atoms with Crippen LogP contribution < -0.4 is 0 Å². The van der Waals surface area contributed by atoms with Crippen molar-refractivity contribution in [3.05, 3.63) is 53.1 Å². The molecular weight excluding hydrogens is 282 g/mol. The zero-order valence-electron chi connectivity index (χ0n) is 13.9. The number of imidazole rings is 1. The molecule has 0 amide bonds. The molecule has 0 saturated carbocycles. The predicted octanol–water partition coefficient (Wildman–Crippen LogP) is 4.93. The molecule has 0 saturated heterocycles. The van der Waals surface area contributed by atoms with Crippen LogP contribution in [0.5, 0.6) is 0 Å².